The number of rotatable bonds is 2. The summed E-state index contributed by atoms with van der Waals surface area (Å²) in [7, 11) is 0. The quantitative estimate of drug-likeness (QED) is 0.812. The number of carbonyl (C=O) groups is 1. The van der Waals surface area contributed by atoms with Gasteiger partial charge in [-0.15, -0.1) is 0 Å². The predicted molar refractivity (Wildman–Crippen MR) is 73.1 cm³/mol. The molecule has 0 spiro atoms. The Bertz CT molecular complexity index is 317. The summed E-state index contributed by atoms with van der Waals surface area (Å²) in [5, 5.41) is 3.69. The Morgan fingerprint density at radius 2 is 1.79 bits per heavy atom. The molecule has 0 aliphatic carbocycles. The topological polar surface area (TPSA) is 44.8 Å². The molecule has 0 aromatic heterocycles. The standard InChI is InChI=1S/C14H25N3O2/c1-2-19-14(18)17-7-5-16(6-8-17)13-9-11-3-4-12(10-13)15-11/h11-13,15H,2-10H2,1H3. The van der Waals surface area contributed by atoms with Crippen molar-refractivity contribution in [2.24, 2.45) is 0 Å². The number of amides is 1. The van der Waals surface area contributed by atoms with Gasteiger partial charge in [0.05, 0.1) is 6.61 Å². The Morgan fingerprint density at radius 3 is 2.37 bits per heavy atom. The monoisotopic (exact) mass is 267 g/mol. The van der Waals surface area contributed by atoms with E-state index in [0.717, 1.165) is 44.3 Å². The van der Waals surface area contributed by atoms with Crippen LogP contribution in [0.2, 0.25) is 0 Å². The third kappa shape index (κ3) is 2.87. The second kappa shape index (κ2) is 5.67. The predicted octanol–water partition coefficient (Wildman–Crippen LogP) is 1.04. The maximum absolute atomic E-state index is 11.7. The van der Waals surface area contributed by atoms with Gasteiger partial charge < -0.3 is 15.0 Å². The Morgan fingerprint density at radius 1 is 1.16 bits per heavy atom. The molecule has 5 heteroatoms. The summed E-state index contributed by atoms with van der Waals surface area (Å²) in [5.41, 5.74) is 0. The van der Waals surface area contributed by atoms with E-state index in [9.17, 15) is 4.79 Å². The van der Waals surface area contributed by atoms with Crippen LogP contribution in [0.3, 0.4) is 0 Å². The van der Waals surface area contributed by atoms with E-state index in [4.69, 9.17) is 4.74 Å². The van der Waals surface area contributed by atoms with E-state index >= 15 is 0 Å². The number of piperazine rings is 1. The van der Waals surface area contributed by atoms with Crippen LogP contribution in [0.4, 0.5) is 4.79 Å². The molecule has 2 atom stereocenters. The van der Waals surface area contributed by atoms with Crippen molar-refractivity contribution in [1.82, 2.24) is 15.1 Å². The van der Waals surface area contributed by atoms with Gasteiger partial charge >= 0.3 is 6.09 Å². The molecule has 1 amide bonds. The number of nitrogens with one attached hydrogen (secondary N) is 1. The van der Waals surface area contributed by atoms with Gasteiger partial charge in [0.15, 0.2) is 0 Å². The number of fused-ring (bicyclic) bond motifs is 2. The van der Waals surface area contributed by atoms with Crippen LogP contribution >= 0.6 is 0 Å². The van der Waals surface area contributed by atoms with Crippen molar-refractivity contribution in [3.63, 3.8) is 0 Å². The van der Waals surface area contributed by atoms with Crippen LogP contribution in [0.5, 0.6) is 0 Å². The third-order valence-electron chi connectivity index (χ3n) is 4.80. The lowest BCUT2D eigenvalue weighted by molar-refractivity contribution is 0.0547. The maximum Gasteiger partial charge on any atom is 0.409 e. The van der Waals surface area contributed by atoms with E-state index in [0.29, 0.717) is 6.61 Å². The molecule has 3 aliphatic rings. The minimum Gasteiger partial charge on any atom is -0.450 e. The first-order chi connectivity index (χ1) is 9.26. The summed E-state index contributed by atoms with van der Waals surface area (Å²) in [4.78, 5) is 16.1. The molecule has 3 aliphatic heterocycles. The minimum atomic E-state index is -0.146. The van der Waals surface area contributed by atoms with E-state index in [1.165, 1.54) is 25.7 Å². The Balaban J connectivity index is 1.49. The third-order valence-corrected chi connectivity index (χ3v) is 4.80. The van der Waals surface area contributed by atoms with Gasteiger partial charge in [0, 0.05) is 44.3 Å². The number of ether oxygens (including phenoxy) is 1. The molecule has 3 fully saturated rings. The van der Waals surface area contributed by atoms with Crippen molar-refractivity contribution in [2.75, 3.05) is 32.8 Å². The zero-order valence-electron chi connectivity index (χ0n) is 11.8. The van der Waals surface area contributed by atoms with Gasteiger partial charge in [-0.1, -0.05) is 0 Å². The van der Waals surface area contributed by atoms with Crippen LogP contribution in [0.25, 0.3) is 0 Å². The van der Waals surface area contributed by atoms with Crippen LogP contribution in [0, 0.1) is 0 Å². The fourth-order valence-electron chi connectivity index (χ4n) is 3.81. The molecular formula is C14H25N3O2. The second-order valence-corrected chi connectivity index (χ2v) is 5.99. The Kier molecular flexibility index (Phi) is 3.93. The number of hydrogen-bond acceptors (Lipinski definition) is 4. The molecule has 3 rings (SSSR count). The van der Waals surface area contributed by atoms with E-state index in [-0.39, 0.29) is 6.09 Å². The highest BCUT2D eigenvalue weighted by Gasteiger charge is 2.37. The smallest absolute Gasteiger partial charge is 0.409 e. The fraction of sp³-hybridized carbons (Fsp3) is 0.929. The highest BCUT2D eigenvalue weighted by atomic mass is 16.6. The summed E-state index contributed by atoms with van der Waals surface area (Å²) in [5.74, 6) is 0. The van der Waals surface area contributed by atoms with Crippen molar-refractivity contribution in [1.29, 1.82) is 0 Å². The van der Waals surface area contributed by atoms with E-state index in [1.54, 1.807) is 0 Å². The summed E-state index contributed by atoms with van der Waals surface area (Å²) in [6.45, 7) is 5.97. The molecule has 1 N–H and O–H groups in total. The Labute approximate surface area is 115 Å². The Hall–Kier alpha value is -0.810. The highest BCUT2D eigenvalue weighted by Crippen LogP contribution is 2.30. The molecule has 2 bridgehead atoms. The molecular weight excluding hydrogens is 242 g/mol. The zero-order valence-corrected chi connectivity index (χ0v) is 11.8. The first-order valence-electron chi connectivity index (χ1n) is 7.68. The average Bonchev–Trinajstić information content (AvgIpc) is 2.78. The summed E-state index contributed by atoms with van der Waals surface area (Å²) < 4.78 is 5.06. The molecule has 2 unspecified atom stereocenters. The maximum atomic E-state index is 11.7. The normalized spacial score (nSPS) is 35.4. The fourth-order valence-corrected chi connectivity index (χ4v) is 3.81. The lowest BCUT2D eigenvalue weighted by Gasteiger charge is -2.42. The number of carbonyl (C=O) groups excluding carboxylic acids is 1. The first kappa shape index (κ1) is 13.2. The minimum absolute atomic E-state index is 0.146. The van der Waals surface area contributed by atoms with Crippen molar-refractivity contribution in [2.45, 2.75) is 50.7 Å². The number of piperidine rings is 1. The lowest BCUT2D eigenvalue weighted by atomic mass is 9.97. The van der Waals surface area contributed by atoms with E-state index in [2.05, 4.69) is 10.2 Å². The van der Waals surface area contributed by atoms with Crippen LogP contribution in [0.1, 0.15) is 32.6 Å². The van der Waals surface area contributed by atoms with Crippen molar-refractivity contribution < 1.29 is 9.53 Å². The molecule has 3 saturated heterocycles. The van der Waals surface area contributed by atoms with Crippen LogP contribution in [-0.2, 0) is 4.74 Å². The average molecular weight is 267 g/mol. The van der Waals surface area contributed by atoms with Crippen molar-refractivity contribution in [3.8, 4) is 0 Å². The van der Waals surface area contributed by atoms with E-state index in [1.807, 2.05) is 11.8 Å². The van der Waals surface area contributed by atoms with Crippen molar-refractivity contribution >= 4 is 6.09 Å². The highest BCUT2D eigenvalue weighted by molar-refractivity contribution is 5.67. The first-order valence-corrected chi connectivity index (χ1v) is 7.68. The number of hydrogen-bond donors (Lipinski definition) is 1. The van der Waals surface area contributed by atoms with Crippen LogP contribution in [0.15, 0.2) is 0 Å². The van der Waals surface area contributed by atoms with Gasteiger partial charge in [0.1, 0.15) is 0 Å². The van der Waals surface area contributed by atoms with Gasteiger partial charge in [0.25, 0.3) is 0 Å². The van der Waals surface area contributed by atoms with E-state index < -0.39 is 0 Å². The molecule has 19 heavy (non-hydrogen) atoms. The molecule has 0 saturated carbocycles. The molecule has 3 heterocycles. The molecule has 0 aromatic rings. The van der Waals surface area contributed by atoms with Crippen LogP contribution < -0.4 is 5.32 Å². The molecule has 0 aromatic carbocycles. The summed E-state index contributed by atoms with van der Waals surface area (Å²) in [6.07, 6.45) is 5.13. The van der Waals surface area contributed by atoms with Crippen molar-refractivity contribution in [3.05, 3.63) is 0 Å². The molecule has 5 nitrogen and oxygen atoms in total. The largest absolute Gasteiger partial charge is 0.450 e. The molecule has 108 valence electrons. The SMILES string of the molecule is CCOC(=O)N1CCN(C2CC3CCC(C2)N3)CC1. The van der Waals surface area contributed by atoms with Gasteiger partial charge in [-0.2, -0.15) is 0 Å². The lowest BCUT2D eigenvalue weighted by Crippen LogP contribution is -2.55. The number of nitrogens with zero attached hydrogens (tertiary/aromatic N) is 2. The van der Waals surface area contributed by atoms with Gasteiger partial charge in [-0.25, -0.2) is 4.79 Å². The second-order valence-electron chi connectivity index (χ2n) is 5.99. The van der Waals surface area contributed by atoms with Gasteiger partial charge in [-0.3, -0.25) is 4.90 Å². The summed E-state index contributed by atoms with van der Waals surface area (Å²) >= 11 is 0. The summed E-state index contributed by atoms with van der Waals surface area (Å²) in [6, 6.07) is 2.21. The van der Waals surface area contributed by atoms with Crippen LogP contribution in [-0.4, -0.2) is 66.8 Å². The van der Waals surface area contributed by atoms with Gasteiger partial charge in [-0.05, 0) is 32.6 Å². The molecule has 0 radical (unpaired) electrons. The zero-order chi connectivity index (χ0) is 13.2. The van der Waals surface area contributed by atoms with Gasteiger partial charge in [0.2, 0.25) is 0 Å².